The molecule has 2 bridgehead atoms. The third kappa shape index (κ3) is 1.25. The number of rotatable bonds is 1. The van der Waals surface area contributed by atoms with Crippen LogP contribution < -0.4 is 0 Å². The molecule has 0 N–H and O–H groups in total. The predicted octanol–water partition coefficient (Wildman–Crippen LogP) is 3.78. The van der Waals surface area contributed by atoms with Gasteiger partial charge < -0.3 is 4.90 Å². The van der Waals surface area contributed by atoms with E-state index in [9.17, 15) is 4.79 Å². The Morgan fingerprint density at radius 2 is 1.78 bits per heavy atom. The fourth-order valence-corrected chi connectivity index (χ4v) is 3.99. The number of hydrogen-bond donors (Lipinski definition) is 0. The van der Waals surface area contributed by atoms with Gasteiger partial charge in [0, 0.05) is 5.38 Å². The van der Waals surface area contributed by atoms with Gasteiger partial charge in [-0.1, -0.05) is 24.3 Å². The SMILES string of the molecule is O=C(c1ccsc1)N1C2CCC1c1ccccc12. The lowest BCUT2D eigenvalue weighted by molar-refractivity contribution is 0.0697. The number of nitrogens with zero attached hydrogens (tertiary/aromatic N) is 1. The van der Waals surface area contributed by atoms with E-state index in [1.807, 2.05) is 16.8 Å². The molecule has 4 rings (SSSR count). The van der Waals surface area contributed by atoms with Gasteiger partial charge in [-0.3, -0.25) is 4.79 Å². The molecule has 1 fully saturated rings. The summed E-state index contributed by atoms with van der Waals surface area (Å²) in [6, 6.07) is 11.0. The standard InChI is InChI=1S/C15H13NOS/c17-15(10-7-8-18-9-10)16-13-5-6-14(16)12-4-2-1-3-11(12)13/h1-4,7-9,13-14H,5-6H2. The van der Waals surface area contributed by atoms with Crippen molar-refractivity contribution in [1.82, 2.24) is 4.90 Å². The predicted molar refractivity (Wildman–Crippen MR) is 71.6 cm³/mol. The van der Waals surface area contributed by atoms with E-state index in [4.69, 9.17) is 0 Å². The fraction of sp³-hybridized carbons (Fsp3) is 0.267. The number of fused-ring (bicyclic) bond motifs is 5. The number of carbonyl (C=O) groups excluding carboxylic acids is 1. The summed E-state index contributed by atoms with van der Waals surface area (Å²) in [6.07, 6.45) is 2.22. The maximum atomic E-state index is 12.6. The first-order valence-electron chi connectivity index (χ1n) is 6.30. The molecule has 0 spiro atoms. The summed E-state index contributed by atoms with van der Waals surface area (Å²) in [5.74, 6) is 0.194. The maximum absolute atomic E-state index is 12.6. The molecule has 90 valence electrons. The topological polar surface area (TPSA) is 20.3 Å². The van der Waals surface area contributed by atoms with E-state index in [0.717, 1.165) is 18.4 Å². The highest BCUT2D eigenvalue weighted by atomic mass is 32.1. The number of thiophene rings is 1. The van der Waals surface area contributed by atoms with Crippen LogP contribution in [0.5, 0.6) is 0 Å². The lowest BCUT2D eigenvalue weighted by Crippen LogP contribution is -2.27. The quantitative estimate of drug-likeness (QED) is 0.759. The highest BCUT2D eigenvalue weighted by Crippen LogP contribution is 2.53. The second kappa shape index (κ2) is 3.69. The van der Waals surface area contributed by atoms with Crippen LogP contribution in [0.4, 0.5) is 0 Å². The molecule has 2 aliphatic rings. The Balaban J connectivity index is 1.76. The van der Waals surface area contributed by atoms with Crippen LogP contribution in [0.15, 0.2) is 41.1 Å². The van der Waals surface area contributed by atoms with Crippen molar-refractivity contribution >= 4 is 17.2 Å². The molecule has 0 aliphatic carbocycles. The number of hydrogen-bond acceptors (Lipinski definition) is 2. The van der Waals surface area contributed by atoms with Gasteiger partial charge >= 0.3 is 0 Å². The summed E-state index contributed by atoms with van der Waals surface area (Å²) in [5.41, 5.74) is 3.55. The zero-order valence-electron chi connectivity index (χ0n) is 9.87. The minimum atomic E-state index is 0.194. The van der Waals surface area contributed by atoms with Gasteiger partial charge in [-0.15, -0.1) is 0 Å². The highest BCUT2D eigenvalue weighted by molar-refractivity contribution is 7.08. The van der Waals surface area contributed by atoms with Crippen molar-refractivity contribution in [2.45, 2.75) is 24.9 Å². The maximum Gasteiger partial charge on any atom is 0.255 e. The van der Waals surface area contributed by atoms with Gasteiger partial charge in [0.25, 0.3) is 5.91 Å². The van der Waals surface area contributed by atoms with Gasteiger partial charge in [0.05, 0.1) is 17.6 Å². The third-order valence-corrected chi connectivity index (χ3v) is 4.78. The van der Waals surface area contributed by atoms with Gasteiger partial charge in [-0.25, -0.2) is 0 Å². The van der Waals surface area contributed by atoms with Gasteiger partial charge in [0.1, 0.15) is 0 Å². The molecule has 1 aromatic heterocycles. The molecule has 2 aromatic rings. The summed E-state index contributed by atoms with van der Waals surface area (Å²) < 4.78 is 0. The molecule has 2 aliphatic heterocycles. The van der Waals surface area contributed by atoms with Crippen molar-refractivity contribution in [3.05, 3.63) is 57.8 Å². The van der Waals surface area contributed by atoms with Gasteiger partial charge in [-0.05, 0) is 35.4 Å². The summed E-state index contributed by atoms with van der Waals surface area (Å²) >= 11 is 1.59. The van der Waals surface area contributed by atoms with Crippen LogP contribution in [0.2, 0.25) is 0 Å². The van der Waals surface area contributed by atoms with E-state index in [0.29, 0.717) is 12.1 Å². The van der Waals surface area contributed by atoms with E-state index in [-0.39, 0.29) is 5.91 Å². The first-order valence-corrected chi connectivity index (χ1v) is 7.24. The lowest BCUT2D eigenvalue weighted by Gasteiger charge is -2.21. The normalized spacial score (nSPS) is 24.3. The van der Waals surface area contributed by atoms with Crippen molar-refractivity contribution in [1.29, 1.82) is 0 Å². The zero-order valence-corrected chi connectivity index (χ0v) is 10.7. The minimum absolute atomic E-state index is 0.194. The van der Waals surface area contributed by atoms with Crippen molar-refractivity contribution in [3.8, 4) is 0 Å². The van der Waals surface area contributed by atoms with E-state index < -0.39 is 0 Å². The van der Waals surface area contributed by atoms with Crippen molar-refractivity contribution in [2.24, 2.45) is 0 Å². The number of carbonyl (C=O) groups is 1. The van der Waals surface area contributed by atoms with E-state index in [2.05, 4.69) is 29.2 Å². The largest absolute Gasteiger partial charge is 0.325 e. The molecule has 1 saturated heterocycles. The van der Waals surface area contributed by atoms with E-state index >= 15 is 0 Å². The molecule has 1 aromatic carbocycles. The van der Waals surface area contributed by atoms with Crippen molar-refractivity contribution in [2.75, 3.05) is 0 Å². The number of amides is 1. The van der Waals surface area contributed by atoms with E-state index in [1.165, 1.54) is 11.1 Å². The molecule has 1 amide bonds. The molecule has 3 heterocycles. The monoisotopic (exact) mass is 255 g/mol. The zero-order chi connectivity index (χ0) is 12.1. The Kier molecular flexibility index (Phi) is 2.12. The fourth-order valence-electron chi connectivity index (χ4n) is 3.36. The Bertz CT molecular complexity index is 574. The molecule has 2 unspecified atom stereocenters. The summed E-state index contributed by atoms with van der Waals surface area (Å²) in [6.45, 7) is 0. The molecular formula is C15H13NOS. The van der Waals surface area contributed by atoms with Crippen LogP contribution in [0.25, 0.3) is 0 Å². The van der Waals surface area contributed by atoms with Crippen molar-refractivity contribution < 1.29 is 4.79 Å². The molecule has 3 heteroatoms. The summed E-state index contributed by atoms with van der Waals surface area (Å²) in [4.78, 5) is 14.7. The molecule has 18 heavy (non-hydrogen) atoms. The average Bonchev–Trinajstić information content (AvgIpc) is 3.13. The molecule has 2 atom stereocenters. The van der Waals surface area contributed by atoms with Crippen LogP contribution in [0, 0.1) is 0 Å². The Morgan fingerprint density at radius 1 is 1.11 bits per heavy atom. The smallest absolute Gasteiger partial charge is 0.255 e. The molecule has 0 radical (unpaired) electrons. The molecular weight excluding hydrogens is 242 g/mol. The average molecular weight is 255 g/mol. The second-order valence-electron chi connectivity index (χ2n) is 4.96. The van der Waals surface area contributed by atoms with Gasteiger partial charge in [-0.2, -0.15) is 11.3 Å². The van der Waals surface area contributed by atoms with Gasteiger partial charge in [0.15, 0.2) is 0 Å². The molecule has 2 nitrogen and oxygen atoms in total. The van der Waals surface area contributed by atoms with Gasteiger partial charge in [0.2, 0.25) is 0 Å². The number of benzene rings is 1. The lowest BCUT2D eigenvalue weighted by atomic mass is 9.92. The third-order valence-electron chi connectivity index (χ3n) is 4.10. The van der Waals surface area contributed by atoms with Crippen LogP contribution in [0.3, 0.4) is 0 Å². The second-order valence-corrected chi connectivity index (χ2v) is 5.74. The minimum Gasteiger partial charge on any atom is -0.325 e. The summed E-state index contributed by atoms with van der Waals surface area (Å²) in [5, 5.41) is 3.92. The first kappa shape index (κ1) is 10.3. The van der Waals surface area contributed by atoms with Crippen LogP contribution in [-0.4, -0.2) is 10.8 Å². The summed E-state index contributed by atoms with van der Waals surface area (Å²) in [7, 11) is 0. The highest BCUT2D eigenvalue weighted by Gasteiger charge is 2.46. The molecule has 0 saturated carbocycles. The Labute approximate surface area is 110 Å². The Hall–Kier alpha value is -1.61. The van der Waals surface area contributed by atoms with Crippen LogP contribution in [0.1, 0.15) is 46.4 Å². The first-order chi connectivity index (χ1) is 8.86. The van der Waals surface area contributed by atoms with Crippen LogP contribution >= 0.6 is 11.3 Å². The Morgan fingerprint density at radius 3 is 2.33 bits per heavy atom. The van der Waals surface area contributed by atoms with Crippen LogP contribution in [-0.2, 0) is 0 Å². The van der Waals surface area contributed by atoms with Crippen molar-refractivity contribution in [3.63, 3.8) is 0 Å². The van der Waals surface area contributed by atoms with E-state index in [1.54, 1.807) is 11.3 Å².